The van der Waals surface area contributed by atoms with Crippen molar-refractivity contribution in [2.24, 2.45) is 0 Å². The second-order valence-corrected chi connectivity index (χ2v) is 7.45. The fraction of sp³-hybridized carbons (Fsp3) is 0.143. The van der Waals surface area contributed by atoms with E-state index >= 15 is 0 Å². The first-order valence-corrected chi connectivity index (χ1v) is 9.89. The van der Waals surface area contributed by atoms with Crippen molar-refractivity contribution < 1.29 is 9.53 Å². The predicted molar refractivity (Wildman–Crippen MR) is 109 cm³/mol. The van der Waals surface area contributed by atoms with Crippen molar-refractivity contribution in [2.45, 2.75) is 12.5 Å². The molecule has 0 fully saturated rings. The highest BCUT2D eigenvalue weighted by atomic mass is 35.5. The Balaban J connectivity index is 1.37. The second kappa shape index (κ2) is 7.94. The van der Waals surface area contributed by atoms with E-state index in [2.05, 4.69) is 27.8 Å². The number of hydrogen-bond acceptors (Lipinski definition) is 4. The molecule has 0 aliphatic carbocycles. The van der Waals surface area contributed by atoms with Gasteiger partial charge in [-0.05, 0) is 63.9 Å². The van der Waals surface area contributed by atoms with Crippen LogP contribution in [0.3, 0.4) is 0 Å². The summed E-state index contributed by atoms with van der Waals surface area (Å²) in [6.45, 7) is 0.429. The molecular formula is C21H17ClN2O2S. The molecule has 4 rings (SSSR count). The lowest BCUT2D eigenvalue weighted by atomic mass is 10.0. The first-order chi connectivity index (χ1) is 13.2. The molecule has 0 saturated heterocycles. The van der Waals surface area contributed by atoms with Crippen molar-refractivity contribution in [1.29, 1.82) is 0 Å². The number of aromatic nitrogens is 1. The molecule has 136 valence electrons. The van der Waals surface area contributed by atoms with Crippen LogP contribution < -0.4 is 10.1 Å². The third kappa shape index (κ3) is 4.21. The van der Waals surface area contributed by atoms with Gasteiger partial charge in [0.2, 0.25) is 5.91 Å². The molecule has 1 aromatic carbocycles. The second-order valence-electron chi connectivity index (χ2n) is 6.26. The number of nitrogens with zero attached hydrogens (tertiary/aromatic N) is 1. The fourth-order valence-corrected chi connectivity index (χ4v) is 3.97. The van der Waals surface area contributed by atoms with E-state index < -0.39 is 0 Å². The summed E-state index contributed by atoms with van der Waals surface area (Å²) >= 11 is 8.07. The molecule has 1 aliphatic rings. The van der Waals surface area contributed by atoms with Crippen LogP contribution in [-0.4, -0.2) is 23.5 Å². The van der Waals surface area contributed by atoms with E-state index in [1.54, 1.807) is 29.8 Å². The van der Waals surface area contributed by atoms with Crippen molar-refractivity contribution in [1.82, 2.24) is 10.3 Å². The molecule has 0 spiro atoms. The molecule has 1 unspecified atom stereocenters. The summed E-state index contributed by atoms with van der Waals surface area (Å²) in [6, 6.07) is 9.81. The first kappa shape index (κ1) is 17.8. The normalized spacial score (nSPS) is 15.5. The van der Waals surface area contributed by atoms with Gasteiger partial charge >= 0.3 is 0 Å². The molecule has 1 N–H and O–H groups in total. The van der Waals surface area contributed by atoms with E-state index in [4.69, 9.17) is 16.3 Å². The number of nitrogens with one attached hydrogen (secondary N) is 1. The summed E-state index contributed by atoms with van der Waals surface area (Å²) in [6.07, 6.45) is 7.25. The van der Waals surface area contributed by atoms with Crippen LogP contribution in [0, 0.1) is 0 Å². The molecule has 6 heteroatoms. The Labute approximate surface area is 166 Å². The number of amides is 1. The van der Waals surface area contributed by atoms with Gasteiger partial charge in [-0.1, -0.05) is 11.6 Å². The van der Waals surface area contributed by atoms with Crippen molar-refractivity contribution >= 4 is 34.9 Å². The highest BCUT2D eigenvalue weighted by Crippen LogP contribution is 2.39. The van der Waals surface area contributed by atoms with E-state index in [9.17, 15) is 4.79 Å². The van der Waals surface area contributed by atoms with Gasteiger partial charge in [0, 0.05) is 30.5 Å². The zero-order valence-electron chi connectivity index (χ0n) is 14.4. The molecule has 1 amide bonds. The van der Waals surface area contributed by atoms with Gasteiger partial charge in [-0.15, -0.1) is 0 Å². The van der Waals surface area contributed by atoms with Gasteiger partial charge < -0.3 is 10.1 Å². The summed E-state index contributed by atoms with van der Waals surface area (Å²) < 4.78 is 5.95. The molecule has 1 aliphatic heterocycles. The lowest BCUT2D eigenvalue weighted by Crippen LogP contribution is -2.33. The molecule has 4 nitrogen and oxygen atoms in total. The molecule has 27 heavy (non-hydrogen) atoms. The minimum Gasteiger partial charge on any atom is -0.486 e. The quantitative estimate of drug-likeness (QED) is 0.641. The molecule has 2 aromatic heterocycles. The van der Waals surface area contributed by atoms with Crippen LogP contribution in [0.25, 0.3) is 17.2 Å². The van der Waals surface area contributed by atoms with Crippen LogP contribution >= 0.6 is 22.9 Å². The van der Waals surface area contributed by atoms with Gasteiger partial charge in [0.1, 0.15) is 11.9 Å². The number of halogens is 1. The number of fused-ring (bicyclic) bond motifs is 1. The smallest absolute Gasteiger partial charge is 0.244 e. The zero-order chi connectivity index (χ0) is 18.6. The van der Waals surface area contributed by atoms with Crippen LogP contribution in [0.4, 0.5) is 0 Å². The van der Waals surface area contributed by atoms with E-state index in [0.29, 0.717) is 11.6 Å². The van der Waals surface area contributed by atoms with Crippen molar-refractivity contribution in [3.05, 3.63) is 75.7 Å². The average molecular weight is 397 g/mol. The maximum absolute atomic E-state index is 12.0. The first-order valence-electron chi connectivity index (χ1n) is 8.56. The zero-order valence-corrected chi connectivity index (χ0v) is 16.0. The highest BCUT2D eigenvalue weighted by Gasteiger charge is 2.26. The lowest BCUT2D eigenvalue weighted by Gasteiger charge is -2.11. The van der Waals surface area contributed by atoms with Crippen LogP contribution in [0.2, 0.25) is 5.02 Å². The Morgan fingerprint density at radius 3 is 2.93 bits per heavy atom. The Morgan fingerprint density at radius 2 is 2.15 bits per heavy atom. The fourth-order valence-electron chi connectivity index (χ4n) is 3.02. The standard InChI is InChI=1S/C21H17ClN2O2S/c22-19-11-16(15-5-8-27-13-15)9-17-10-18(26-21(17)19)12-24-20(25)2-1-14-3-6-23-7-4-14/h1-9,11,13,18H,10,12H2,(H,24,25). The number of carbonyl (C=O) groups is 1. The van der Waals surface area contributed by atoms with Gasteiger partial charge in [-0.3, -0.25) is 9.78 Å². The van der Waals surface area contributed by atoms with Crippen LogP contribution in [0.5, 0.6) is 5.75 Å². The van der Waals surface area contributed by atoms with Gasteiger partial charge in [0.05, 0.1) is 11.6 Å². The van der Waals surface area contributed by atoms with Gasteiger partial charge in [0.25, 0.3) is 0 Å². The molecule has 0 bridgehead atoms. The predicted octanol–water partition coefficient (Wildman–Crippen LogP) is 4.60. The topological polar surface area (TPSA) is 51.2 Å². The molecule has 3 heterocycles. The Hall–Kier alpha value is -2.63. The minimum atomic E-state index is -0.156. The lowest BCUT2D eigenvalue weighted by molar-refractivity contribution is -0.116. The summed E-state index contributed by atoms with van der Waals surface area (Å²) in [5.41, 5.74) is 4.25. The maximum Gasteiger partial charge on any atom is 0.244 e. The van der Waals surface area contributed by atoms with Crippen LogP contribution in [-0.2, 0) is 11.2 Å². The highest BCUT2D eigenvalue weighted by molar-refractivity contribution is 7.08. The minimum absolute atomic E-state index is 0.117. The molecule has 0 saturated carbocycles. The van der Waals surface area contributed by atoms with Crippen molar-refractivity contribution in [3.8, 4) is 16.9 Å². The van der Waals surface area contributed by atoms with E-state index in [-0.39, 0.29) is 12.0 Å². The van der Waals surface area contributed by atoms with Gasteiger partial charge in [-0.25, -0.2) is 0 Å². The summed E-state index contributed by atoms with van der Waals surface area (Å²) in [5, 5.41) is 7.64. The number of pyridine rings is 1. The molecule has 1 atom stereocenters. The van der Waals surface area contributed by atoms with E-state index in [1.807, 2.05) is 23.6 Å². The molecule has 0 radical (unpaired) electrons. The Bertz CT molecular complexity index is 971. The van der Waals surface area contributed by atoms with Crippen molar-refractivity contribution in [2.75, 3.05) is 6.54 Å². The van der Waals surface area contributed by atoms with Crippen LogP contribution in [0.1, 0.15) is 11.1 Å². The third-order valence-electron chi connectivity index (χ3n) is 4.34. The SMILES string of the molecule is O=C(C=Cc1ccncc1)NCC1Cc2cc(-c3ccsc3)cc(Cl)c2O1. The van der Waals surface area contributed by atoms with E-state index in [0.717, 1.165) is 34.4 Å². The average Bonchev–Trinajstić information content (AvgIpc) is 3.35. The summed E-state index contributed by atoms with van der Waals surface area (Å²) in [7, 11) is 0. The van der Waals surface area contributed by atoms with Crippen molar-refractivity contribution in [3.63, 3.8) is 0 Å². The third-order valence-corrected chi connectivity index (χ3v) is 5.31. The number of rotatable bonds is 5. The maximum atomic E-state index is 12.0. The molecular weight excluding hydrogens is 380 g/mol. The number of hydrogen-bond donors (Lipinski definition) is 1. The van der Waals surface area contributed by atoms with Gasteiger partial charge in [-0.2, -0.15) is 11.3 Å². The Kier molecular flexibility index (Phi) is 5.23. The molecule has 3 aromatic rings. The number of benzene rings is 1. The van der Waals surface area contributed by atoms with Gasteiger partial charge in [0.15, 0.2) is 0 Å². The number of carbonyl (C=O) groups excluding carboxylic acids is 1. The number of ether oxygens (including phenoxy) is 1. The Morgan fingerprint density at radius 1 is 1.30 bits per heavy atom. The summed E-state index contributed by atoms with van der Waals surface area (Å²) in [5.74, 6) is 0.568. The summed E-state index contributed by atoms with van der Waals surface area (Å²) in [4.78, 5) is 16.0. The largest absolute Gasteiger partial charge is 0.486 e. The van der Waals surface area contributed by atoms with Crippen LogP contribution in [0.15, 0.2) is 59.6 Å². The van der Waals surface area contributed by atoms with E-state index in [1.165, 1.54) is 6.08 Å². The number of thiophene rings is 1. The monoisotopic (exact) mass is 396 g/mol.